The first kappa shape index (κ1) is 19.1. The van der Waals surface area contributed by atoms with E-state index in [4.69, 9.17) is 10.7 Å². The van der Waals surface area contributed by atoms with Gasteiger partial charge in [-0.05, 0) is 72.5 Å². The number of pyridine rings is 1. The number of phenols is 1. The lowest BCUT2D eigenvalue weighted by Crippen LogP contribution is -2.33. The number of phenolic OH excluding ortho intramolecular Hbond substituents is 1. The van der Waals surface area contributed by atoms with E-state index < -0.39 is 0 Å². The van der Waals surface area contributed by atoms with Gasteiger partial charge in [-0.3, -0.25) is 4.98 Å². The molecule has 1 fully saturated rings. The summed E-state index contributed by atoms with van der Waals surface area (Å²) in [5.41, 5.74) is 11.6. The highest BCUT2D eigenvalue weighted by Gasteiger charge is 2.21. The Kier molecular flexibility index (Phi) is 5.15. The molecule has 0 spiro atoms. The zero-order valence-corrected chi connectivity index (χ0v) is 17.5. The third-order valence-electron chi connectivity index (χ3n) is 5.98. The largest absolute Gasteiger partial charge is 0.508 e. The van der Waals surface area contributed by atoms with E-state index in [9.17, 15) is 5.11 Å². The third kappa shape index (κ3) is 3.78. The van der Waals surface area contributed by atoms with Crippen LogP contribution in [0.15, 0.2) is 66.2 Å². The highest BCUT2D eigenvalue weighted by atomic mass is 32.1. The van der Waals surface area contributed by atoms with E-state index in [2.05, 4.69) is 41.0 Å². The number of benzene rings is 2. The molecule has 5 rings (SSSR count). The van der Waals surface area contributed by atoms with Crippen LogP contribution in [0.2, 0.25) is 0 Å². The van der Waals surface area contributed by atoms with Gasteiger partial charge in [-0.1, -0.05) is 24.3 Å². The van der Waals surface area contributed by atoms with Crippen LogP contribution in [0.1, 0.15) is 25.7 Å². The SMILES string of the molecule is N[C@H]1CC[C@H](Nc2c(-c3cccs3)cnc3ccc(-c4ccc(O)cc4)cc23)CC1. The molecule has 0 bridgehead atoms. The molecule has 4 nitrogen and oxygen atoms in total. The van der Waals surface area contributed by atoms with Crippen molar-refractivity contribution in [3.63, 3.8) is 0 Å². The molecule has 0 unspecified atom stereocenters. The molecule has 2 aromatic carbocycles. The minimum Gasteiger partial charge on any atom is -0.508 e. The van der Waals surface area contributed by atoms with Gasteiger partial charge in [-0.15, -0.1) is 11.3 Å². The Morgan fingerprint density at radius 1 is 0.967 bits per heavy atom. The molecule has 0 aliphatic heterocycles. The molecule has 0 amide bonds. The second kappa shape index (κ2) is 8.09. The number of nitrogens with one attached hydrogen (secondary N) is 1. The smallest absolute Gasteiger partial charge is 0.115 e. The van der Waals surface area contributed by atoms with Crippen LogP contribution in [-0.4, -0.2) is 22.2 Å². The van der Waals surface area contributed by atoms with Crippen molar-refractivity contribution in [3.8, 4) is 27.3 Å². The van der Waals surface area contributed by atoms with E-state index in [1.54, 1.807) is 23.5 Å². The highest BCUT2D eigenvalue weighted by molar-refractivity contribution is 7.13. The molecule has 4 aromatic rings. The molecule has 152 valence electrons. The Bertz CT molecular complexity index is 1150. The predicted molar refractivity (Wildman–Crippen MR) is 126 cm³/mol. The van der Waals surface area contributed by atoms with Gasteiger partial charge in [-0.25, -0.2) is 0 Å². The summed E-state index contributed by atoms with van der Waals surface area (Å²) < 4.78 is 0. The monoisotopic (exact) mass is 415 g/mol. The van der Waals surface area contributed by atoms with Crippen LogP contribution in [0.5, 0.6) is 5.75 Å². The summed E-state index contributed by atoms with van der Waals surface area (Å²) in [6, 6.07) is 18.7. The van der Waals surface area contributed by atoms with Crippen molar-refractivity contribution in [2.24, 2.45) is 5.73 Å². The summed E-state index contributed by atoms with van der Waals surface area (Å²) in [5.74, 6) is 0.277. The van der Waals surface area contributed by atoms with Gasteiger partial charge < -0.3 is 16.2 Å². The fraction of sp³-hybridized carbons (Fsp3) is 0.240. The molecular weight excluding hydrogens is 390 g/mol. The number of anilines is 1. The number of aromatic hydroxyl groups is 1. The zero-order valence-electron chi connectivity index (χ0n) is 16.7. The molecule has 0 atom stereocenters. The number of hydrogen-bond acceptors (Lipinski definition) is 5. The topological polar surface area (TPSA) is 71.2 Å². The van der Waals surface area contributed by atoms with E-state index in [1.165, 1.54) is 4.88 Å². The Balaban J connectivity index is 1.62. The number of rotatable bonds is 4. The maximum atomic E-state index is 9.63. The highest BCUT2D eigenvalue weighted by Crippen LogP contribution is 2.39. The molecule has 0 radical (unpaired) electrons. The van der Waals surface area contributed by atoms with Crippen LogP contribution in [-0.2, 0) is 0 Å². The summed E-state index contributed by atoms with van der Waals surface area (Å²) in [5, 5.41) is 16.7. The van der Waals surface area contributed by atoms with Gasteiger partial charge in [0.25, 0.3) is 0 Å². The Hall–Kier alpha value is -2.89. The minimum absolute atomic E-state index is 0.277. The number of thiophene rings is 1. The molecule has 30 heavy (non-hydrogen) atoms. The molecular formula is C25H25N3OS. The molecule has 0 saturated heterocycles. The molecule has 5 heteroatoms. The van der Waals surface area contributed by atoms with Crippen LogP contribution >= 0.6 is 11.3 Å². The van der Waals surface area contributed by atoms with Crippen LogP contribution in [0.25, 0.3) is 32.5 Å². The van der Waals surface area contributed by atoms with Gasteiger partial charge in [-0.2, -0.15) is 0 Å². The standard InChI is InChI=1S/C25H25N3OS/c26-18-6-8-19(9-7-18)28-25-21-14-17(16-3-10-20(29)11-4-16)5-12-23(21)27-15-22(25)24-2-1-13-30-24/h1-5,10-15,18-19,29H,6-9,26H2,(H,27,28)/t18-,19-. The number of hydrogen-bond donors (Lipinski definition) is 3. The average molecular weight is 416 g/mol. The van der Waals surface area contributed by atoms with Crippen molar-refractivity contribution in [3.05, 3.63) is 66.2 Å². The van der Waals surface area contributed by atoms with E-state index in [1.807, 2.05) is 18.3 Å². The zero-order chi connectivity index (χ0) is 20.5. The van der Waals surface area contributed by atoms with Gasteiger partial charge in [0.15, 0.2) is 0 Å². The first-order chi connectivity index (χ1) is 14.7. The molecule has 1 aliphatic rings. The van der Waals surface area contributed by atoms with E-state index in [-0.39, 0.29) is 5.75 Å². The van der Waals surface area contributed by atoms with E-state index in [0.717, 1.165) is 59.0 Å². The lowest BCUT2D eigenvalue weighted by Gasteiger charge is -2.29. The fourth-order valence-corrected chi connectivity index (χ4v) is 5.01. The Morgan fingerprint density at radius 2 is 1.73 bits per heavy atom. The number of aromatic nitrogens is 1. The number of fused-ring (bicyclic) bond motifs is 1. The van der Waals surface area contributed by atoms with E-state index >= 15 is 0 Å². The molecule has 1 aliphatic carbocycles. The van der Waals surface area contributed by atoms with Gasteiger partial charge in [0, 0.05) is 34.1 Å². The summed E-state index contributed by atoms with van der Waals surface area (Å²) in [6.45, 7) is 0. The van der Waals surface area contributed by atoms with Gasteiger partial charge in [0.05, 0.1) is 11.2 Å². The number of nitrogens with two attached hydrogens (primary N) is 1. The van der Waals surface area contributed by atoms with Crippen molar-refractivity contribution >= 4 is 27.9 Å². The maximum Gasteiger partial charge on any atom is 0.115 e. The van der Waals surface area contributed by atoms with Crippen molar-refractivity contribution in [1.82, 2.24) is 4.98 Å². The van der Waals surface area contributed by atoms with Crippen molar-refractivity contribution in [1.29, 1.82) is 0 Å². The molecule has 2 heterocycles. The second-order valence-electron chi connectivity index (χ2n) is 8.06. The first-order valence-electron chi connectivity index (χ1n) is 10.5. The van der Waals surface area contributed by atoms with Gasteiger partial charge in [0.2, 0.25) is 0 Å². The van der Waals surface area contributed by atoms with Gasteiger partial charge >= 0.3 is 0 Å². The lowest BCUT2D eigenvalue weighted by atomic mass is 9.91. The normalized spacial score (nSPS) is 19.1. The molecule has 2 aromatic heterocycles. The quantitative estimate of drug-likeness (QED) is 0.381. The summed E-state index contributed by atoms with van der Waals surface area (Å²) in [4.78, 5) is 5.98. The second-order valence-corrected chi connectivity index (χ2v) is 9.01. The number of nitrogens with zero attached hydrogens (tertiary/aromatic N) is 1. The lowest BCUT2D eigenvalue weighted by molar-refractivity contribution is 0.411. The first-order valence-corrected chi connectivity index (χ1v) is 11.3. The Labute approximate surface area is 180 Å². The van der Waals surface area contributed by atoms with Crippen LogP contribution in [0.3, 0.4) is 0 Å². The van der Waals surface area contributed by atoms with Gasteiger partial charge in [0.1, 0.15) is 5.75 Å². The van der Waals surface area contributed by atoms with Crippen molar-refractivity contribution < 1.29 is 5.11 Å². The fourth-order valence-electron chi connectivity index (χ4n) is 4.27. The Morgan fingerprint density at radius 3 is 2.47 bits per heavy atom. The van der Waals surface area contributed by atoms with Crippen molar-refractivity contribution in [2.45, 2.75) is 37.8 Å². The minimum atomic E-state index is 0.277. The van der Waals surface area contributed by atoms with Crippen LogP contribution in [0, 0.1) is 0 Å². The summed E-state index contributed by atoms with van der Waals surface area (Å²) in [7, 11) is 0. The average Bonchev–Trinajstić information content (AvgIpc) is 3.30. The molecule has 1 saturated carbocycles. The predicted octanol–water partition coefficient (Wildman–Crippen LogP) is 6.02. The van der Waals surface area contributed by atoms with Crippen molar-refractivity contribution in [2.75, 3.05) is 5.32 Å². The summed E-state index contributed by atoms with van der Waals surface area (Å²) in [6.07, 6.45) is 6.30. The van der Waals surface area contributed by atoms with Crippen LogP contribution in [0.4, 0.5) is 5.69 Å². The summed E-state index contributed by atoms with van der Waals surface area (Å²) >= 11 is 1.74. The molecule has 4 N–H and O–H groups in total. The maximum absolute atomic E-state index is 9.63. The van der Waals surface area contributed by atoms with E-state index in [0.29, 0.717) is 12.1 Å². The van der Waals surface area contributed by atoms with Crippen LogP contribution < -0.4 is 11.1 Å². The third-order valence-corrected chi connectivity index (χ3v) is 6.88.